The van der Waals surface area contributed by atoms with Crippen LogP contribution in [0.15, 0.2) is 30.6 Å². The highest BCUT2D eigenvalue weighted by molar-refractivity contribution is 6.00. The molecule has 2 heterocycles. The van der Waals surface area contributed by atoms with E-state index in [0.717, 1.165) is 30.3 Å². The third-order valence-electron chi connectivity index (χ3n) is 3.65. The number of methoxy groups -OCH3 is 1. The molecule has 0 unspecified atom stereocenters. The summed E-state index contributed by atoms with van der Waals surface area (Å²) < 4.78 is 6.64. The average Bonchev–Trinajstić information content (AvgIpc) is 2.86. The van der Waals surface area contributed by atoms with Gasteiger partial charge in [0.25, 0.3) is 0 Å². The standard InChI is InChI=1S/C17H21NO3/c1-3-4-5-9-16(19)14-12-18-10-7-6-8-15(18)13(14)11-17(20)21-2/h6-8,10,12H,3-5,9,11H2,1-2H3. The Morgan fingerprint density at radius 3 is 2.76 bits per heavy atom. The predicted molar refractivity (Wildman–Crippen MR) is 81.6 cm³/mol. The first-order valence-corrected chi connectivity index (χ1v) is 7.36. The Balaban J connectivity index is 2.34. The van der Waals surface area contributed by atoms with Gasteiger partial charge in [-0.15, -0.1) is 0 Å². The van der Waals surface area contributed by atoms with Crippen LogP contribution in [0, 0.1) is 0 Å². The van der Waals surface area contributed by atoms with E-state index in [2.05, 4.69) is 6.92 Å². The van der Waals surface area contributed by atoms with Crippen molar-refractivity contribution in [3.63, 3.8) is 0 Å². The molecule has 0 saturated heterocycles. The van der Waals surface area contributed by atoms with E-state index in [-0.39, 0.29) is 18.2 Å². The van der Waals surface area contributed by atoms with E-state index < -0.39 is 0 Å². The summed E-state index contributed by atoms with van der Waals surface area (Å²) in [5.41, 5.74) is 2.30. The lowest BCUT2D eigenvalue weighted by Gasteiger charge is -2.03. The van der Waals surface area contributed by atoms with Crippen molar-refractivity contribution in [2.75, 3.05) is 7.11 Å². The van der Waals surface area contributed by atoms with Gasteiger partial charge in [-0.25, -0.2) is 0 Å². The van der Waals surface area contributed by atoms with Gasteiger partial charge < -0.3 is 9.14 Å². The molecule has 0 amide bonds. The number of fused-ring (bicyclic) bond motifs is 1. The minimum absolute atomic E-state index is 0.103. The highest BCUT2D eigenvalue weighted by Crippen LogP contribution is 2.22. The summed E-state index contributed by atoms with van der Waals surface area (Å²) >= 11 is 0. The number of carbonyl (C=O) groups is 2. The molecule has 0 radical (unpaired) electrons. The molecule has 0 atom stereocenters. The molecule has 0 bridgehead atoms. The topological polar surface area (TPSA) is 47.8 Å². The van der Waals surface area contributed by atoms with Gasteiger partial charge in [0, 0.05) is 29.9 Å². The fourth-order valence-electron chi connectivity index (χ4n) is 2.49. The van der Waals surface area contributed by atoms with E-state index in [4.69, 9.17) is 4.74 Å². The summed E-state index contributed by atoms with van der Waals surface area (Å²) in [4.78, 5) is 24.0. The van der Waals surface area contributed by atoms with Gasteiger partial charge in [-0.05, 0) is 24.1 Å². The smallest absolute Gasteiger partial charge is 0.310 e. The second kappa shape index (κ2) is 7.07. The summed E-state index contributed by atoms with van der Waals surface area (Å²) in [7, 11) is 1.36. The fourth-order valence-corrected chi connectivity index (χ4v) is 2.49. The molecule has 0 fully saturated rings. The van der Waals surface area contributed by atoms with Crippen LogP contribution in [0.3, 0.4) is 0 Å². The molecule has 0 aliphatic carbocycles. The van der Waals surface area contributed by atoms with Gasteiger partial charge in [-0.3, -0.25) is 9.59 Å². The zero-order chi connectivity index (χ0) is 15.2. The van der Waals surface area contributed by atoms with Gasteiger partial charge in [0.15, 0.2) is 5.78 Å². The van der Waals surface area contributed by atoms with Crippen LogP contribution < -0.4 is 0 Å². The van der Waals surface area contributed by atoms with Crippen LogP contribution in [0.25, 0.3) is 5.52 Å². The third kappa shape index (κ3) is 3.51. The van der Waals surface area contributed by atoms with Crippen molar-refractivity contribution in [3.8, 4) is 0 Å². The quantitative estimate of drug-likeness (QED) is 0.445. The lowest BCUT2D eigenvalue weighted by molar-refractivity contribution is -0.139. The molecular formula is C17H21NO3. The van der Waals surface area contributed by atoms with Crippen LogP contribution in [0.4, 0.5) is 0 Å². The number of esters is 1. The van der Waals surface area contributed by atoms with E-state index in [1.165, 1.54) is 7.11 Å². The second-order valence-electron chi connectivity index (χ2n) is 5.15. The van der Waals surface area contributed by atoms with Crippen LogP contribution >= 0.6 is 0 Å². The van der Waals surface area contributed by atoms with Gasteiger partial charge in [0.1, 0.15) is 0 Å². The maximum atomic E-state index is 12.4. The summed E-state index contributed by atoms with van der Waals surface area (Å²) in [5.74, 6) is -0.222. The number of Topliss-reactive ketones (excluding diaryl/α,β-unsaturated/α-hetero) is 1. The maximum Gasteiger partial charge on any atom is 0.310 e. The summed E-state index contributed by atoms with van der Waals surface area (Å²) in [6.45, 7) is 2.11. The van der Waals surface area contributed by atoms with Crippen molar-refractivity contribution in [2.45, 2.75) is 39.0 Å². The van der Waals surface area contributed by atoms with Crippen LogP contribution in [0.1, 0.15) is 48.5 Å². The number of nitrogens with zero attached hydrogens (tertiary/aromatic N) is 1. The molecule has 0 N–H and O–H groups in total. The SMILES string of the molecule is CCCCCC(=O)c1cn2ccccc2c1CC(=O)OC. The molecule has 2 aromatic heterocycles. The Labute approximate surface area is 124 Å². The number of hydrogen-bond acceptors (Lipinski definition) is 3. The molecule has 4 nitrogen and oxygen atoms in total. The molecule has 0 aliphatic rings. The average molecular weight is 287 g/mol. The van der Waals surface area contributed by atoms with Crippen molar-refractivity contribution in [3.05, 3.63) is 41.7 Å². The molecule has 0 spiro atoms. The first kappa shape index (κ1) is 15.3. The second-order valence-corrected chi connectivity index (χ2v) is 5.15. The van der Waals surface area contributed by atoms with E-state index in [9.17, 15) is 9.59 Å². The lowest BCUT2D eigenvalue weighted by atomic mass is 10.0. The number of unbranched alkanes of at least 4 members (excludes halogenated alkanes) is 2. The summed E-state index contributed by atoms with van der Waals surface area (Å²) in [5, 5.41) is 0. The summed E-state index contributed by atoms with van der Waals surface area (Å²) in [6, 6.07) is 5.73. The van der Waals surface area contributed by atoms with Gasteiger partial charge in [-0.2, -0.15) is 0 Å². The molecule has 0 saturated carbocycles. The highest BCUT2D eigenvalue weighted by atomic mass is 16.5. The molecule has 4 heteroatoms. The molecule has 2 rings (SSSR count). The van der Waals surface area contributed by atoms with Crippen molar-refractivity contribution >= 4 is 17.3 Å². The van der Waals surface area contributed by atoms with Gasteiger partial charge in [0.05, 0.1) is 13.5 Å². The third-order valence-corrected chi connectivity index (χ3v) is 3.65. The van der Waals surface area contributed by atoms with Crippen LogP contribution in [-0.4, -0.2) is 23.3 Å². The maximum absolute atomic E-state index is 12.4. The Hall–Kier alpha value is -2.10. The zero-order valence-corrected chi connectivity index (χ0v) is 12.6. The van der Waals surface area contributed by atoms with Gasteiger partial charge in [-0.1, -0.05) is 25.8 Å². The number of pyridine rings is 1. The molecule has 0 aliphatic heterocycles. The van der Waals surface area contributed by atoms with E-state index in [1.54, 1.807) is 0 Å². The van der Waals surface area contributed by atoms with Crippen molar-refractivity contribution in [1.29, 1.82) is 0 Å². The Morgan fingerprint density at radius 2 is 2.05 bits per heavy atom. The van der Waals surface area contributed by atoms with Crippen molar-refractivity contribution < 1.29 is 14.3 Å². The monoisotopic (exact) mass is 287 g/mol. The van der Waals surface area contributed by atoms with E-state index in [1.807, 2.05) is 35.0 Å². The number of rotatable bonds is 7. The number of carbonyl (C=O) groups excluding carboxylic acids is 2. The molecular weight excluding hydrogens is 266 g/mol. The van der Waals surface area contributed by atoms with Gasteiger partial charge >= 0.3 is 5.97 Å². The molecule has 21 heavy (non-hydrogen) atoms. The summed E-state index contributed by atoms with van der Waals surface area (Å²) in [6.07, 6.45) is 7.39. The first-order valence-electron chi connectivity index (χ1n) is 7.36. The first-order chi connectivity index (χ1) is 10.2. The minimum Gasteiger partial charge on any atom is -0.469 e. The van der Waals surface area contributed by atoms with Gasteiger partial charge in [0.2, 0.25) is 0 Å². The largest absolute Gasteiger partial charge is 0.469 e. The number of ketones is 1. The van der Waals surface area contributed by atoms with E-state index >= 15 is 0 Å². The Kier molecular flexibility index (Phi) is 5.14. The molecule has 2 aromatic rings. The predicted octanol–water partition coefficient (Wildman–Crippen LogP) is 3.42. The van der Waals surface area contributed by atoms with Crippen molar-refractivity contribution in [1.82, 2.24) is 4.40 Å². The highest BCUT2D eigenvalue weighted by Gasteiger charge is 2.19. The van der Waals surface area contributed by atoms with Crippen LogP contribution in [0.2, 0.25) is 0 Å². The van der Waals surface area contributed by atoms with Crippen LogP contribution in [-0.2, 0) is 16.0 Å². The zero-order valence-electron chi connectivity index (χ0n) is 12.6. The number of hydrogen-bond donors (Lipinski definition) is 0. The minimum atomic E-state index is -0.324. The van der Waals surface area contributed by atoms with Crippen molar-refractivity contribution in [2.24, 2.45) is 0 Å². The normalized spacial score (nSPS) is 10.8. The Bertz CT molecular complexity index is 643. The molecule has 0 aromatic carbocycles. The fraction of sp³-hybridized carbons (Fsp3) is 0.412. The van der Waals surface area contributed by atoms with Crippen LogP contribution in [0.5, 0.6) is 0 Å². The number of ether oxygens (including phenoxy) is 1. The molecule has 112 valence electrons. The lowest BCUT2D eigenvalue weighted by Crippen LogP contribution is -2.08. The number of aromatic nitrogens is 1. The van der Waals surface area contributed by atoms with E-state index in [0.29, 0.717) is 12.0 Å². The Morgan fingerprint density at radius 1 is 1.24 bits per heavy atom.